The fraction of sp³-hybridized carbons (Fsp3) is 0.200. The molecule has 0 unspecified atom stereocenters. The smallest absolute Gasteiger partial charge is 0.183 e. The highest BCUT2D eigenvalue weighted by atomic mass is 32.2. The Morgan fingerprint density at radius 2 is 2.33 bits per heavy atom. The Balaban J connectivity index is 2.11. The minimum Gasteiger partial charge on any atom is -0.254 e. The summed E-state index contributed by atoms with van der Waals surface area (Å²) in [5.41, 5.74) is 0.941. The molecule has 15 heavy (non-hydrogen) atoms. The third kappa shape index (κ3) is 2.56. The Labute approximate surface area is 91.1 Å². The van der Waals surface area contributed by atoms with Crippen molar-refractivity contribution in [2.45, 2.75) is 17.3 Å². The summed E-state index contributed by atoms with van der Waals surface area (Å²) in [6, 6.07) is 6.59. The number of benzene rings is 1. The summed E-state index contributed by atoms with van der Waals surface area (Å²) < 4.78 is 13.0. The minimum atomic E-state index is -0.211. The average Bonchev–Trinajstić information content (AvgIpc) is 2.70. The van der Waals surface area contributed by atoms with E-state index in [-0.39, 0.29) is 11.1 Å². The zero-order valence-corrected chi connectivity index (χ0v) is 8.96. The maximum absolute atomic E-state index is 13.0. The molecule has 0 radical (unpaired) electrons. The van der Waals surface area contributed by atoms with Crippen LogP contribution in [0.15, 0.2) is 35.7 Å². The zero-order chi connectivity index (χ0) is 10.7. The average molecular weight is 223 g/mol. The molecule has 1 aromatic carbocycles. The molecule has 78 valence electrons. The lowest BCUT2D eigenvalue weighted by Crippen LogP contribution is -1.90. The van der Waals surface area contributed by atoms with Crippen LogP contribution in [0, 0.1) is 5.82 Å². The van der Waals surface area contributed by atoms with Crippen molar-refractivity contribution in [3.63, 3.8) is 0 Å². The van der Waals surface area contributed by atoms with E-state index in [4.69, 9.17) is 0 Å². The normalized spacial score (nSPS) is 12.7. The second kappa shape index (κ2) is 4.44. The summed E-state index contributed by atoms with van der Waals surface area (Å²) in [6.45, 7) is 2.00. The Bertz CT molecular complexity index is 430. The van der Waals surface area contributed by atoms with Crippen LogP contribution in [0.3, 0.4) is 0 Å². The maximum Gasteiger partial charge on any atom is 0.183 e. The molecule has 0 saturated carbocycles. The van der Waals surface area contributed by atoms with E-state index in [1.807, 2.05) is 13.0 Å². The number of aromatic nitrogens is 3. The lowest BCUT2D eigenvalue weighted by atomic mass is 10.2. The van der Waals surface area contributed by atoms with Gasteiger partial charge in [-0.3, -0.25) is 5.10 Å². The summed E-state index contributed by atoms with van der Waals surface area (Å²) in [7, 11) is 0. The van der Waals surface area contributed by atoms with E-state index in [1.165, 1.54) is 30.2 Å². The van der Waals surface area contributed by atoms with Gasteiger partial charge in [0.25, 0.3) is 0 Å². The topological polar surface area (TPSA) is 41.6 Å². The summed E-state index contributed by atoms with van der Waals surface area (Å²) in [6.07, 6.45) is 1.46. The van der Waals surface area contributed by atoms with Crippen molar-refractivity contribution in [2.24, 2.45) is 0 Å². The number of halogens is 1. The predicted octanol–water partition coefficient (Wildman–Crippen LogP) is 2.80. The van der Waals surface area contributed by atoms with Crippen LogP contribution in [0.5, 0.6) is 0 Å². The summed E-state index contributed by atoms with van der Waals surface area (Å²) >= 11 is 1.52. The van der Waals surface area contributed by atoms with Crippen molar-refractivity contribution in [2.75, 3.05) is 0 Å². The van der Waals surface area contributed by atoms with E-state index < -0.39 is 0 Å². The van der Waals surface area contributed by atoms with Crippen LogP contribution >= 0.6 is 11.8 Å². The van der Waals surface area contributed by atoms with Crippen molar-refractivity contribution in [1.29, 1.82) is 0 Å². The highest BCUT2D eigenvalue weighted by Crippen LogP contribution is 2.32. The summed E-state index contributed by atoms with van der Waals surface area (Å²) in [4.78, 5) is 4.01. The first-order valence-electron chi connectivity index (χ1n) is 4.53. The molecule has 0 amide bonds. The number of hydrogen-bond acceptors (Lipinski definition) is 3. The molecule has 0 spiro atoms. The van der Waals surface area contributed by atoms with Gasteiger partial charge in [0.15, 0.2) is 5.16 Å². The molecule has 0 fully saturated rings. The van der Waals surface area contributed by atoms with Crippen LogP contribution in [0.25, 0.3) is 0 Å². The largest absolute Gasteiger partial charge is 0.254 e. The van der Waals surface area contributed by atoms with Gasteiger partial charge in [0.05, 0.1) is 0 Å². The van der Waals surface area contributed by atoms with Gasteiger partial charge in [0, 0.05) is 5.25 Å². The van der Waals surface area contributed by atoms with E-state index >= 15 is 0 Å². The lowest BCUT2D eigenvalue weighted by Gasteiger charge is -2.08. The monoisotopic (exact) mass is 223 g/mol. The predicted molar refractivity (Wildman–Crippen MR) is 57.1 cm³/mol. The highest BCUT2D eigenvalue weighted by molar-refractivity contribution is 7.99. The van der Waals surface area contributed by atoms with Crippen LogP contribution in [-0.2, 0) is 0 Å². The van der Waals surface area contributed by atoms with Crippen LogP contribution in [0.1, 0.15) is 17.7 Å². The molecule has 5 heteroatoms. The molecular formula is C10H10FN3S. The third-order valence-electron chi connectivity index (χ3n) is 2.00. The quantitative estimate of drug-likeness (QED) is 0.813. The van der Waals surface area contributed by atoms with E-state index in [1.54, 1.807) is 6.07 Å². The van der Waals surface area contributed by atoms with Crippen LogP contribution < -0.4 is 0 Å². The van der Waals surface area contributed by atoms with Gasteiger partial charge >= 0.3 is 0 Å². The Morgan fingerprint density at radius 3 is 3.00 bits per heavy atom. The first-order chi connectivity index (χ1) is 7.25. The Morgan fingerprint density at radius 1 is 1.47 bits per heavy atom. The van der Waals surface area contributed by atoms with E-state index in [0.717, 1.165) is 10.7 Å². The van der Waals surface area contributed by atoms with Gasteiger partial charge in [-0.2, -0.15) is 5.10 Å². The molecule has 3 nitrogen and oxygen atoms in total. The molecule has 0 aliphatic heterocycles. The number of thioether (sulfide) groups is 1. The Hall–Kier alpha value is -1.36. The van der Waals surface area contributed by atoms with Crippen molar-refractivity contribution in [1.82, 2.24) is 15.2 Å². The molecule has 2 rings (SSSR count). The highest BCUT2D eigenvalue weighted by Gasteiger charge is 2.09. The molecule has 0 saturated heterocycles. The van der Waals surface area contributed by atoms with Crippen molar-refractivity contribution >= 4 is 11.8 Å². The van der Waals surface area contributed by atoms with Gasteiger partial charge in [-0.15, -0.1) is 0 Å². The third-order valence-corrected chi connectivity index (χ3v) is 3.05. The fourth-order valence-corrected chi connectivity index (χ4v) is 2.08. The van der Waals surface area contributed by atoms with Crippen LogP contribution in [0.4, 0.5) is 4.39 Å². The number of H-pyrrole nitrogens is 1. The lowest BCUT2D eigenvalue weighted by molar-refractivity contribution is 0.625. The second-order valence-electron chi connectivity index (χ2n) is 3.11. The van der Waals surface area contributed by atoms with Gasteiger partial charge in [0.1, 0.15) is 12.1 Å². The number of aromatic amines is 1. The Kier molecular flexibility index (Phi) is 3.01. The van der Waals surface area contributed by atoms with Gasteiger partial charge in [-0.25, -0.2) is 9.37 Å². The fourth-order valence-electron chi connectivity index (χ4n) is 1.25. The van der Waals surface area contributed by atoms with Crippen molar-refractivity contribution < 1.29 is 4.39 Å². The molecule has 0 aliphatic carbocycles. The molecule has 1 aromatic heterocycles. The van der Waals surface area contributed by atoms with Gasteiger partial charge in [0.2, 0.25) is 0 Å². The second-order valence-corrected chi connectivity index (χ2v) is 4.44. The molecular weight excluding hydrogens is 213 g/mol. The molecule has 2 aromatic rings. The number of nitrogens with one attached hydrogen (secondary N) is 1. The number of nitrogens with zero attached hydrogens (tertiary/aromatic N) is 2. The van der Waals surface area contributed by atoms with E-state index in [9.17, 15) is 4.39 Å². The maximum atomic E-state index is 13.0. The first-order valence-corrected chi connectivity index (χ1v) is 5.41. The van der Waals surface area contributed by atoms with E-state index in [2.05, 4.69) is 15.2 Å². The first kappa shape index (κ1) is 10.2. The van der Waals surface area contributed by atoms with Gasteiger partial charge < -0.3 is 0 Å². The van der Waals surface area contributed by atoms with Crippen LogP contribution in [0.2, 0.25) is 0 Å². The number of rotatable bonds is 3. The van der Waals surface area contributed by atoms with Gasteiger partial charge in [-0.1, -0.05) is 23.9 Å². The summed E-state index contributed by atoms with van der Waals surface area (Å²) in [5, 5.41) is 7.41. The molecule has 1 N–H and O–H groups in total. The van der Waals surface area contributed by atoms with E-state index in [0.29, 0.717) is 0 Å². The molecule has 1 atom stereocenters. The zero-order valence-electron chi connectivity index (χ0n) is 8.14. The van der Waals surface area contributed by atoms with Crippen LogP contribution in [-0.4, -0.2) is 15.2 Å². The number of hydrogen-bond donors (Lipinski definition) is 1. The molecule has 0 aliphatic rings. The SMILES string of the molecule is C[C@@H](Sc1ncn[nH]1)c1cccc(F)c1. The van der Waals surface area contributed by atoms with Crippen molar-refractivity contribution in [3.8, 4) is 0 Å². The minimum absolute atomic E-state index is 0.147. The molecule has 0 bridgehead atoms. The van der Waals surface area contributed by atoms with Crippen molar-refractivity contribution in [3.05, 3.63) is 42.0 Å². The standard InChI is InChI=1S/C10H10FN3S/c1-7(15-10-12-6-13-14-10)8-3-2-4-9(11)5-8/h2-7H,1H3,(H,12,13,14)/t7-/m1/s1. The van der Waals surface area contributed by atoms with Gasteiger partial charge in [-0.05, 0) is 24.6 Å². The molecule has 1 heterocycles. The summed E-state index contributed by atoms with van der Waals surface area (Å²) in [5.74, 6) is -0.211.